The highest BCUT2D eigenvalue weighted by atomic mass is 16.2. The number of amides is 2. The number of anilines is 2. The fourth-order valence-corrected chi connectivity index (χ4v) is 2.72. The van der Waals surface area contributed by atoms with E-state index in [9.17, 15) is 9.59 Å². The minimum absolute atomic E-state index is 0.00484. The second-order valence-electron chi connectivity index (χ2n) is 9.47. The SMILES string of the molecule is Cc1cc(NC(=O)C(C)(C)C)ccc1-c1ccc(NC(=O)C(C)(C)C)cc1C. The van der Waals surface area contributed by atoms with E-state index in [-0.39, 0.29) is 11.8 Å². The average molecular weight is 381 g/mol. The van der Waals surface area contributed by atoms with E-state index >= 15 is 0 Å². The monoisotopic (exact) mass is 380 g/mol. The van der Waals surface area contributed by atoms with Crippen molar-refractivity contribution in [2.45, 2.75) is 55.4 Å². The fourth-order valence-electron chi connectivity index (χ4n) is 2.72. The molecule has 2 N–H and O–H groups in total. The van der Waals surface area contributed by atoms with Gasteiger partial charge in [0.15, 0.2) is 0 Å². The van der Waals surface area contributed by atoms with Gasteiger partial charge in [0.1, 0.15) is 0 Å². The second kappa shape index (κ2) is 7.78. The van der Waals surface area contributed by atoms with E-state index in [2.05, 4.69) is 10.6 Å². The second-order valence-corrected chi connectivity index (χ2v) is 9.47. The van der Waals surface area contributed by atoms with E-state index in [1.165, 1.54) is 0 Å². The predicted octanol–water partition coefficient (Wildman–Crippen LogP) is 5.94. The summed E-state index contributed by atoms with van der Waals surface area (Å²) >= 11 is 0. The average Bonchev–Trinajstić information content (AvgIpc) is 2.54. The Morgan fingerprint density at radius 3 is 1.21 bits per heavy atom. The van der Waals surface area contributed by atoms with Gasteiger partial charge >= 0.3 is 0 Å². The lowest BCUT2D eigenvalue weighted by atomic mass is 9.93. The van der Waals surface area contributed by atoms with Gasteiger partial charge in [0, 0.05) is 22.2 Å². The molecular weight excluding hydrogens is 348 g/mol. The molecule has 2 amide bonds. The number of aryl methyl sites for hydroxylation is 2. The number of nitrogens with one attached hydrogen (secondary N) is 2. The summed E-state index contributed by atoms with van der Waals surface area (Å²) in [4.78, 5) is 24.4. The van der Waals surface area contributed by atoms with E-state index in [1.54, 1.807) is 0 Å². The molecule has 0 heterocycles. The molecule has 2 aromatic carbocycles. The molecule has 2 aromatic rings. The first-order valence-corrected chi connectivity index (χ1v) is 9.63. The van der Waals surface area contributed by atoms with Crippen molar-refractivity contribution in [2.75, 3.05) is 10.6 Å². The summed E-state index contributed by atoms with van der Waals surface area (Å²) in [6.07, 6.45) is 0. The highest BCUT2D eigenvalue weighted by Crippen LogP contribution is 2.31. The summed E-state index contributed by atoms with van der Waals surface area (Å²) in [7, 11) is 0. The molecule has 4 heteroatoms. The summed E-state index contributed by atoms with van der Waals surface area (Å²) in [5, 5.41) is 5.95. The van der Waals surface area contributed by atoms with Crippen LogP contribution >= 0.6 is 0 Å². The van der Waals surface area contributed by atoms with Gasteiger partial charge in [-0.2, -0.15) is 0 Å². The quantitative estimate of drug-likeness (QED) is 0.692. The molecule has 0 saturated carbocycles. The van der Waals surface area contributed by atoms with E-state index in [0.717, 1.165) is 33.6 Å². The minimum Gasteiger partial charge on any atom is -0.326 e. The van der Waals surface area contributed by atoms with Crippen molar-refractivity contribution in [2.24, 2.45) is 10.8 Å². The number of carbonyl (C=O) groups excluding carboxylic acids is 2. The van der Waals surface area contributed by atoms with Crippen molar-refractivity contribution >= 4 is 23.2 Å². The van der Waals surface area contributed by atoms with Crippen LogP contribution in [0.2, 0.25) is 0 Å². The van der Waals surface area contributed by atoms with Crippen molar-refractivity contribution < 1.29 is 9.59 Å². The van der Waals surface area contributed by atoms with Crippen molar-refractivity contribution in [1.29, 1.82) is 0 Å². The van der Waals surface area contributed by atoms with Gasteiger partial charge in [-0.1, -0.05) is 53.7 Å². The number of rotatable bonds is 3. The molecule has 0 aliphatic rings. The van der Waals surface area contributed by atoms with Crippen molar-refractivity contribution in [3.05, 3.63) is 47.5 Å². The lowest BCUT2D eigenvalue weighted by Crippen LogP contribution is -2.27. The van der Waals surface area contributed by atoms with Crippen LogP contribution in [-0.2, 0) is 9.59 Å². The van der Waals surface area contributed by atoms with Gasteiger partial charge in [0.25, 0.3) is 0 Å². The van der Waals surface area contributed by atoms with Crippen molar-refractivity contribution in [1.82, 2.24) is 0 Å². The standard InChI is InChI=1S/C24H32N2O2/c1-15-13-17(25-21(27)23(3,4)5)9-11-19(15)20-12-10-18(14-16(20)2)26-22(28)24(6,7)8/h9-14H,1-8H3,(H,25,27)(H,26,28). The maximum atomic E-state index is 12.2. The molecule has 0 aromatic heterocycles. The highest BCUT2D eigenvalue weighted by Gasteiger charge is 2.22. The van der Waals surface area contributed by atoms with Crippen LogP contribution < -0.4 is 10.6 Å². The van der Waals surface area contributed by atoms with Crippen LogP contribution in [0.1, 0.15) is 52.7 Å². The predicted molar refractivity (Wildman–Crippen MR) is 118 cm³/mol. The van der Waals surface area contributed by atoms with E-state index < -0.39 is 10.8 Å². The molecule has 0 atom stereocenters. The molecule has 0 bridgehead atoms. The maximum Gasteiger partial charge on any atom is 0.229 e. The first-order valence-electron chi connectivity index (χ1n) is 9.63. The number of carbonyl (C=O) groups is 2. The van der Waals surface area contributed by atoms with Crippen LogP contribution in [0.5, 0.6) is 0 Å². The van der Waals surface area contributed by atoms with Crippen molar-refractivity contribution in [3.8, 4) is 11.1 Å². The molecule has 0 saturated heterocycles. The Morgan fingerprint density at radius 1 is 0.643 bits per heavy atom. The fraction of sp³-hybridized carbons (Fsp3) is 0.417. The third kappa shape index (κ3) is 5.22. The van der Waals surface area contributed by atoms with Crippen LogP contribution in [-0.4, -0.2) is 11.8 Å². The summed E-state index contributed by atoms with van der Waals surface area (Å²) in [6.45, 7) is 15.5. The molecule has 0 radical (unpaired) electrons. The third-order valence-electron chi connectivity index (χ3n) is 4.62. The van der Waals surface area contributed by atoms with E-state index in [4.69, 9.17) is 0 Å². The zero-order chi connectivity index (χ0) is 21.3. The number of hydrogen-bond acceptors (Lipinski definition) is 2. The molecule has 0 aliphatic heterocycles. The normalized spacial score (nSPS) is 11.9. The van der Waals surface area contributed by atoms with Gasteiger partial charge in [0.2, 0.25) is 11.8 Å². The zero-order valence-electron chi connectivity index (χ0n) is 18.3. The Balaban J connectivity index is 2.26. The minimum atomic E-state index is -0.434. The Bertz CT molecular complexity index is 824. The Hall–Kier alpha value is -2.62. The topological polar surface area (TPSA) is 58.2 Å². The largest absolute Gasteiger partial charge is 0.326 e. The summed E-state index contributed by atoms with van der Waals surface area (Å²) < 4.78 is 0. The summed E-state index contributed by atoms with van der Waals surface area (Å²) in [5.41, 5.74) is 5.12. The molecule has 0 fully saturated rings. The third-order valence-corrected chi connectivity index (χ3v) is 4.62. The molecule has 0 aliphatic carbocycles. The summed E-state index contributed by atoms with van der Waals surface area (Å²) in [6, 6.07) is 11.9. The van der Waals surface area contributed by atoms with Crippen LogP contribution in [0.15, 0.2) is 36.4 Å². The van der Waals surface area contributed by atoms with Gasteiger partial charge < -0.3 is 10.6 Å². The maximum absolute atomic E-state index is 12.2. The molecule has 2 rings (SSSR count). The lowest BCUT2D eigenvalue weighted by molar-refractivity contribution is -0.123. The smallest absolute Gasteiger partial charge is 0.229 e. The first-order chi connectivity index (χ1) is 12.8. The molecule has 0 spiro atoms. The van der Waals surface area contributed by atoms with Crippen LogP contribution in [0.25, 0.3) is 11.1 Å². The van der Waals surface area contributed by atoms with Crippen molar-refractivity contribution in [3.63, 3.8) is 0 Å². The number of benzene rings is 2. The zero-order valence-corrected chi connectivity index (χ0v) is 18.3. The number of hydrogen-bond donors (Lipinski definition) is 2. The van der Waals surface area contributed by atoms with E-state index in [0.29, 0.717) is 0 Å². The Morgan fingerprint density at radius 2 is 0.964 bits per heavy atom. The summed E-state index contributed by atoms with van der Waals surface area (Å²) in [5.74, 6) is -0.00968. The molecule has 150 valence electrons. The lowest BCUT2D eigenvalue weighted by Gasteiger charge is -2.19. The molecule has 0 unspecified atom stereocenters. The van der Waals surface area contributed by atoms with Gasteiger partial charge in [0.05, 0.1) is 0 Å². The van der Waals surface area contributed by atoms with Crippen LogP contribution in [0.4, 0.5) is 11.4 Å². The van der Waals surface area contributed by atoms with E-state index in [1.807, 2.05) is 91.8 Å². The van der Waals surface area contributed by atoms with Gasteiger partial charge in [-0.25, -0.2) is 0 Å². The first kappa shape index (κ1) is 21.7. The highest BCUT2D eigenvalue weighted by molar-refractivity contribution is 5.96. The Labute approximate surface area is 168 Å². The van der Waals surface area contributed by atoms with Gasteiger partial charge in [-0.3, -0.25) is 9.59 Å². The molecular formula is C24H32N2O2. The molecule has 28 heavy (non-hydrogen) atoms. The van der Waals surface area contributed by atoms with Gasteiger partial charge in [-0.05, 0) is 60.4 Å². The molecule has 4 nitrogen and oxygen atoms in total. The van der Waals surface area contributed by atoms with Gasteiger partial charge in [-0.15, -0.1) is 0 Å². The Kier molecular flexibility index (Phi) is 6.03. The van der Waals surface area contributed by atoms with Crippen LogP contribution in [0.3, 0.4) is 0 Å². The van der Waals surface area contributed by atoms with Crippen LogP contribution in [0, 0.1) is 24.7 Å².